The zero-order chi connectivity index (χ0) is 35.7. The van der Waals surface area contributed by atoms with Gasteiger partial charge in [0.1, 0.15) is 54.7 Å². The molecule has 270 valence electrons. The molecule has 47 heavy (non-hydrogen) atoms. The van der Waals surface area contributed by atoms with Crippen LogP contribution in [-0.4, -0.2) is 164 Å². The van der Waals surface area contributed by atoms with Crippen molar-refractivity contribution < 1.29 is 73.6 Å². The maximum absolute atomic E-state index is 13.1. The van der Waals surface area contributed by atoms with Crippen LogP contribution in [0, 0.1) is 0 Å². The molecule has 2 heterocycles. The summed E-state index contributed by atoms with van der Waals surface area (Å²) >= 11 is 0. The number of aliphatic hydroxyl groups excluding tert-OH is 5. The number of aliphatic carboxylic acids is 1. The zero-order valence-corrected chi connectivity index (χ0v) is 26.5. The molecule has 4 amide bonds. The summed E-state index contributed by atoms with van der Waals surface area (Å²) in [4.78, 5) is 61.7. The van der Waals surface area contributed by atoms with Gasteiger partial charge in [-0.25, -0.2) is 0 Å². The van der Waals surface area contributed by atoms with E-state index < -0.39 is 135 Å². The first-order chi connectivity index (χ1) is 21.9. The van der Waals surface area contributed by atoms with Gasteiger partial charge in [0.15, 0.2) is 12.6 Å². The lowest BCUT2D eigenvalue weighted by atomic mass is 9.94. The molecule has 2 fully saturated rings. The van der Waals surface area contributed by atoms with E-state index in [1.165, 1.54) is 13.8 Å². The van der Waals surface area contributed by atoms with Gasteiger partial charge in [-0.15, -0.1) is 0 Å². The highest BCUT2D eigenvalue weighted by Crippen LogP contribution is 2.31. The Balaban J connectivity index is 2.53. The number of nitrogens with two attached hydrogens (primary N) is 2. The molecule has 0 aliphatic carbocycles. The number of primary amides is 1. The van der Waals surface area contributed by atoms with Crippen molar-refractivity contribution in [3.63, 3.8) is 0 Å². The lowest BCUT2D eigenvalue weighted by molar-refractivity contribution is -0.334. The average Bonchev–Trinajstić information content (AvgIpc) is 2.97. The molecule has 2 aliphatic rings. The maximum Gasteiger partial charge on any atom is 0.303 e. The summed E-state index contributed by atoms with van der Waals surface area (Å²) in [6.07, 6.45) is -14.5. The molecule has 0 radical (unpaired) electrons. The van der Waals surface area contributed by atoms with Crippen LogP contribution in [0.1, 0.15) is 40.5 Å². The smallest absolute Gasteiger partial charge is 0.303 e. The SMILES string of the molecule is CC(=O)N[C@@H]1[C@@H](OC(C)CN(C(=O)[C@H](C)N)[C@H](CCC(=O)O)C(N)=O)[C@H](O[C@@H]2O[C@H](CO)[C@@H](O)[C@H](O)[C@H]2NC(C)=O)[C@@H](CO)O[C@@H]1O. The number of carboxylic acids is 1. The van der Waals surface area contributed by atoms with Gasteiger partial charge in [0.05, 0.1) is 25.4 Å². The number of carbonyl (C=O) groups is 5. The molecule has 0 spiro atoms. The van der Waals surface area contributed by atoms with Crippen molar-refractivity contribution in [1.29, 1.82) is 0 Å². The van der Waals surface area contributed by atoms with Gasteiger partial charge in [-0.3, -0.25) is 24.0 Å². The summed E-state index contributed by atoms with van der Waals surface area (Å²) < 4.78 is 23.4. The number of nitrogens with zero attached hydrogens (tertiary/aromatic N) is 1. The molecular weight excluding hydrogens is 634 g/mol. The quantitative estimate of drug-likeness (QED) is 0.0725. The lowest BCUT2D eigenvalue weighted by Crippen LogP contribution is -2.69. The molecule has 13 atom stereocenters. The van der Waals surface area contributed by atoms with E-state index in [2.05, 4.69) is 10.6 Å². The first-order valence-corrected chi connectivity index (χ1v) is 14.9. The van der Waals surface area contributed by atoms with E-state index in [4.69, 9.17) is 35.5 Å². The zero-order valence-electron chi connectivity index (χ0n) is 26.5. The molecular formula is C27H47N5O15. The average molecular weight is 682 g/mol. The molecule has 20 heteroatoms. The Morgan fingerprint density at radius 1 is 0.894 bits per heavy atom. The Bertz CT molecular complexity index is 1100. The van der Waals surface area contributed by atoms with Crippen LogP contribution in [0.15, 0.2) is 0 Å². The van der Waals surface area contributed by atoms with Crippen LogP contribution in [0.2, 0.25) is 0 Å². The molecule has 0 aromatic rings. The maximum atomic E-state index is 13.1. The van der Waals surface area contributed by atoms with Crippen molar-refractivity contribution in [2.24, 2.45) is 11.5 Å². The van der Waals surface area contributed by atoms with Crippen molar-refractivity contribution >= 4 is 29.6 Å². The Morgan fingerprint density at radius 3 is 1.96 bits per heavy atom. The molecule has 0 aromatic carbocycles. The standard InChI is InChI=1S/C27H47N5O15/c1-10(7-32(25(42)11(2)28)14(24(29)41)5-6-17(37)38)44-23-19(31-13(4)36)26(43)45-16(9-34)22(23)47-27-18(30-12(3)35)21(40)20(39)15(8-33)46-27/h10-11,14-16,18-23,26-27,33-34,39-40,43H,5-9,28H2,1-4H3,(H2,29,41)(H,30,35)(H,31,36)(H,37,38)/t10?,11-,14+,15+,16+,18+,19+,20+,21+,22+,23+,26-,27-/m0/s1. The Morgan fingerprint density at radius 2 is 1.47 bits per heavy atom. The third kappa shape index (κ3) is 10.7. The van der Waals surface area contributed by atoms with E-state index in [-0.39, 0.29) is 6.42 Å². The number of nitrogens with one attached hydrogen (secondary N) is 2. The molecule has 2 rings (SSSR count). The van der Waals surface area contributed by atoms with Crippen LogP contribution in [-0.2, 0) is 42.9 Å². The van der Waals surface area contributed by atoms with E-state index in [1.807, 2.05) is 0 Å². The van der Waals surface area contributed by atoms with Crippen molar-refractivity contribution in [2.45, 2.75) is 120 Å². The molecule has 2 saturated heterocycles. The third-order valence-electron chi connectivity index (χ3n) is 7.61. The normalized spacial score (nSPS) is 32.8. The highest BCUT2D eigenvalue weighted by molar-refractivity contribution is 5.89. The minimum absolute atomic E-state index is 0.345. The molecule has 20 nitrogen and oxygen atoms in total. The number of carbonyl (C=O) groups excluding carboxylic acids is 4. The molecule has 0 aromatic heterocycles. The second kappa shape index (κ2) is 17.9. The van der Waals surface area contributed by atoms with Gasteiger partial charge in [0.25, 0.3) is 0 Å². The molecule has 1 unspecified atom stereocenters. The fraction of sp³-hybridized carbons (Fsp3) is 0.815. The van der Waals surface area contributed by atoms with E-state index in [0.29, 0.717) is 0 Å². The number of hydrogen-bond donors (Lipinski definition) is 10. The fourth-order valence-corrected chi connectivity index (χ4v) is 5.46. The van der Waals surface area contributed by atoms with Gasteiger partial charge in [0.2, 0.25) is 23.6 Å². The van der Waals surface area contributed by atoms with Crippen molar-refractivity contribution in [3.8, 4) is 0 Å². The second-order valence-corrected chi connectivity index (χ2v) is 11.5. The predicted octanol–water partition coefficient (Wildman–Crippen LogP) is -5.80. The minimum atomic E-state index is -1.79. The van der Waals surface area contributed by atoms with Gasteiger partial charge in [-0.05, 0) is 20.3 Å². The first kappa shape index (κ1) is 40.1. The van der Waals surface area contributed by atoms with Gasteiger partial charge in [-0.2, -0.15) is 0 Å². The number of carboxylic acid groups (broad SMARTS) is 1. The first-order valence-electron chi connectivity index (χ1n) is 14.9. The number of rotatable bonds is 16. The Hall–Kier alpha value is -3.05. The van der Waals surface area contributed by atoms with Gasteiger partial charge in [0, 0.05) is 26.8 Å². The number of amides is 4. The molecule has 2 aliphatic heterocycles. The topological polar surface area (TPSA) is 323 Å². The third-order valence-corrected chi connectivity index (χ3v) is 7.61. The summed E-state index contributed by atoms with van der Waals surface area (Å²) in [7, 11) is 0. The number of aliphatic hydroxyl groups is 5. The summed E-state index contributed by atoms with van der Waals surface area (Å²) in [5.41, 5.74) is 11.3. The number of ether oxygens (including phenoxy) is 4. The van der Waals surface area contributed by atoms with Gasteiger partial charge in [-0.1, -0.05) is 0 Å². The fourth-order valence-electron chi connectivity index (χ4n) is 5.46. The van der Waals surface area contributed by atoms with Crippen LogP contribution >= 0.6 is 0 Å². The summed E-state index contributed by atoms with van der Waals surface area (Å²) in [6, 6.07) is -5.39. The van der Waals surface area contributed by atoms with Crippen molar-refractivity contribution in [1.82, 2.24) is 15.5 Å². The summed E-state index contributed by atoms with van der Waals surface area (Å²) in [5.74, 6) is -4.33. The van der Waals surface area contributed by atoms with Crippen LogP contribution in [0.25, 0.3) is 0 Å². The molecule has 12 N–H and O–H groups in total. The second-order valence-electron chi connectivity index (χ2n) is 11.5. The lowest BCUT2D eigenvalue weighted by Gasteiger charge is -2.49. The monoisotopic (exact) mass is 681 g/mol. The van der Waals surface area contributed by atoms with Gasteiger partial charge >= 0.3 is 5.97 Å². The molecule has 0 bridgehead atoms. The highest BCUT2D eigenvalue weighted by Gasteiger charge is 2.52. The van der Waals surface area contributed by atoms with Crippen LogP contribution in [0.5, 0.6) is 0 Å². The van der Waals surface area contributed by atoms with E-state index in [1.54, 1.807) is 0 Å². The van der Waals surface area contributed by atoms with E-state index in [0.717, 1.165) is 18.7 Å². The van der Waals surface area contributed by atoms with Crippen LogP contribution in [0.3, 0.4) is 0 Å². The van der Waals surface area contributed by atoms with Crippen molar-refractivity contribution in [3.05, 3.63) is 0 Å². The molecule has 0 saturated carbocycles. The predicted molar refractivity (Wildman–Crippen MR) is 155 cm³/mol. The number of hydrogen-bond acceptors (Lipinski definition) is 15. The Labute approximate surface area is 270 Å². The summed E-state index contributed by atoms with van der Waals surface area (Å²) in [5, 5.41) is 65.9. The highest BCUT2D eigenvalue weighted by atomic mass is 16.7. The van der Waals surface area contributed by atoms with Crippen LogP contribution in [0.4, 0.5) is 0 Å². The van der Waals surface area contributed by atoms with Crippen LogP contribution < -0.4 is 22.1 Å². The minimum Gasteiger partial charge on any atom is -0.481 e. The summed E-state index contributed by atoms with van der Waals surface area (Å²) in [6.45, 7) is 3.05. The van der Waals surface area contributed by atoms with E-state index >= 15 is 0 Å². The van der Waals surface area contributed by atoms with Crippen molar-refractivity contribution in [2.75, 3.05) is 19.8 Å². The Kier molecular flexibility index (Phi) is 15.3. The largest absolute Gasteiger partial charge is 0.481 e. The van der Waals surface area contributed by atoms with E-state index in [9.17, 15) is 49.5 Å². The van der Waals surface area contributed by atoms with Gasteiger partial charge < -0.3 is 76.6 Å².